The molecule has 0 spiro atoms. The first-order chi connectivity index (χ1) is 11.4. The highest BCUT2D eigenvalue weighted by molar-refractivity contribution is 6.42. The van der Waals surface area contributed by atoms with E-state index < -0.39 is 11.9 Å². The van der Waals surface area contributed by atoms with E-state index in [0.717, 1.165) is 5.70 Å². The lowest BCUT2D eigenvalue weighted by Crippen LogP contribution is -2.35. The molecule has 0 amide bonds. The minimum atomic E-state index is -1.04. The average molecular weight is 368 g/mol. The summed E-state index contributed by atoms with van der Waals surface area (Å²) in [5, 5.41) is 15.0. The molecule has 0 aliphatic carbocycles. The van der Waals surface area contributed by atoms with Gasteiger partial charge in [0.1, 0.15) is 6.34 Å². The van der Waals surface area contributed by atoms with Crippen molar-refractivity contribution in [2.45, 2.75) is 19.8 Å². The van der Waals surface area contributed by atoms with E-state index in [2.05, 4.69) is 10.3 Å². The zero-order valence-corrected chi connectivity index (χ0v) is 14.5. The predicted octanol–water partition coefficient (Wildman–Crippen LogP) is 3.50. The third-order valence-electron chi connectivity index (χ3n) is 3.94. The summed E-state index contributed by atoms with van der Waals surface area (Å²) in [7, 11) is 0. The van der Waals surface area contributed by atoms with Crippen molar-refractivity contribution in [1.29, 1.82) is 0 Å². The number of allylic oxidation sites excluding steroid dienone is 3. The Hall–Kier alpha value is -2.02. The highest BCUT2D eigenvalue weighted by Gasteiger charge is 2.38. The molecule has 2 aliphatic heterocycles. The third-order valence-corrected chi connectivity index (χ3v) is 4.78. The minimum absolute atomic E-state index is 0.178. The van der Waals surface area contributed by atoms with Gasteiger partial charge in [-0.3, -0.25) is 0 Å². The number of rotatable bonds is 3. The summed E-state index contributed by atoms with van der Waals surface area (Å²) in [4.78, 5) is 21.4. The number of halogens is 2. The molecule has 6 nitrogen and oxygen atoms in total. The Balaban J connectivity index is 2.23. The van der Waals surface area contributed by atoms with Gasteiger partial charge in [0.25, 0.3) is 0 Å². The Morgan fingerprint density at radius 1 is 1.38 bits per heavy atom. The molecule has 0 bridgehead atoms. The van der Waals surface area contributed by atoms with Crippen LogP contribution < -0.4 is 5.32 Å². The van der Waals surface area contributed by atoms with Crippen LogP contribution in [-0.4, -0.2) is 29.2 Å². The van der Waals surface area contributed by atoms with E-state index >= 15 is 0 Å². The molecule has 0 saturated carbocycles. The van der Waals surface area contributed by atoms with E-state index in [1.54, 1.807) is 25.1 Å². The highest BCUT2D eigenvalue weighted by Crippen LogP contribution is 2.43. The summed E-state index contributed by atoms with van der Waals surface area (Å²) in [6, 6.07) is 5.17. The van der Waals surface area contributed by atoms with Crippen LogP contribution in [0.3, 0.4) is 0 Å². The van der Waals surface area contributed by atoms with E-state index in [4.69, 9.17) is 28.0 Å². The molecular weight excluding hydrogens is 353 g/mol. The summed E-state index contributed by atoms with van der Waals surface area (Å²) in [6.07, 6.45) is 1.52. The molecule has 3 rings (SSSR count). The Kier molecular flexibility index (Phi) is 4.54. The predicted molar refractivity (Wildman–Crippen MR) is 91.7 cm³/mol. The molecule has 1 atom stereocenters. The van der Waals surface area contributed by atoms with Crippen molar-refractivity contribution in [3.63, 3.8) is 0 Å². The van der Waals surface area contributed by atoms with Crippen molar-refractivity contribution in [2.24, 2.45) is 4.99 Å². The first kappa shape index (κ1) is 16.8. The van der Waals surface area contributed by atoms with Gasteiger partial charge in [-0.15, -0.1) is 0 Å². The molecule has 1 aromatic carbocycles. The van der Waals surface area contributed by atoms with Crippen molar-refractivity contribution >= 4 is 35.5 Å². The number of dihydropyridines is 1. The fourth-order valence-corrected chi connectivity index (χ4v) is 3.39. The van der Waals surface area contributed by atoms with E-state index in [0.29, 0.717) is 27.0 Å². The Morgan fingerprint density at radius 2 is 2.12 bits per heavy atom. The van der Waals surface area contributed by atoms with Crippen LogP contribution in [0, 0.1) is 0 Å². The van der Waals surface area contributed by atoms with Gasteiger partial charge in [-0.25, -0.2) is 19.7 Å². The second kappa shape index (κ2) is 6.47. The minimum Gasteiger partial charge on any atom is -0.478 e. The summed E-state index contributed by atoms with van der Waals surface area (Å²) >= 11 is 12.5. The lowest BCUT2D eigenvalue weighted by atomic mass is 9.83. The van der Waals surface area contributed by atoms with E-state index in [9.17, 15) is 9.90 Å². The van der Waals surface area contributed by atoms with Crippen LogP contribution in [0.4, 0.5) is 0 Å². The molecule has 0 fully saturated rings. The SMILES string of the molecule is CC1=C(C(=O)O)C(c2cccc(Cl)c2Cl)C(N2C=NCO2)=C(C)N1. The number of hydrogen-bond acceptors (Lipinski definition) is 5. The van der Waals surface area contributed by atoms with Gasteiger partial charge in [0, 0.05) is 11.4 Å². The van der Waals surface area contributed by atoms with Crippen molar-refractivity contribution in [1.82, 2.24) is 10.4 Å². The number of carbonyl (C=O) groups is 1. The highest BCUT2D eigenvalue weighted by atomic mass is 35.5. The van der Waals surface area contributed by atoms with Crippen molar-refractivity contribution < 1.29 is 14.7 Å². The van der Waals surface area contributed by atoms with E-state index in [-0.39, 0.29) is 12.3 Å². The van der Waals surface area contributed by atoms with Gasteiger partial charge in [-0.2, -0.15) is 0 Å². The monoisotopic (exact) mass is 367 g/mol. The number of benzene rings is 1. The number of hydrogen-bond donors (Lipinski definition) is 2. The van der Waals surface area contributed by atoms with Crippen LogP contribution in [-0.2, 0) is 9.63 Å². The van der Waals surface area contributed by atoms with Gasteiger partial charge in [-0.05, 0) is 25.5 Å². The quantitative estimate of drug-likeness (QED) is 0.854. The molecule has 2 N–H and O–H groups in total. The summed E-state index contributed by atoms with van der Waals surface area (Å²) < 4.78 is 0. The largest absolute Gasteiger partial charge is 0.478 e. The maximum absolute atomic E-state index is 11.9. The first-order valence-electron chi connectivity index (χ1n) is 7.19. The molecule has 1 unspecified atom stereocenters. The van der Waals surface area contributed by atoms with Crippen molar-refractivity contribution in [2.75, 3.05) is 6.73 Å². The van der Waals surface area contributed by atoms with Crippen LogP contribution in [0.15, 0.2) is 45.9 Å². The smallest absolute Gasteiger partial charge is 0.334 e. The van der Waals surface area contributed by atoms with E-state index in [1.165, 1.54) is 11.4 Å². The standard InChI is InChI=1S/C16H15Cl2N3O3/c1-8-12(16(22)23)13(10-4-3-5-11(17)14(10)18)15(9(2)20-8)21-6-19-7-24-21/h3-6,13,20H,7H2,1-2H3,(H,22,23). The molecule has 1 aromatic rings. The topological polar surface area (TPSA) is 74.2 Å². The summed E-state index contributed by atoms with van der Waals surface area (Å²) in [5.74, 6) is -1.68. The molecule has 2 heterocycles. The Morgan fingerprint density at radius 3 is 2.75 bits per heavy atom. The van der Waals surface area contributed by atoms with Crippen LogP contribution >= 0.6 is 23.2 Å². The zero-order chi connectivity index (χ0) is 17.4. The number of aliphatic imine (C=N–C) groups is 1. The number of carboxylic acids is 1. The molecule has 24 heavy (non-hydrogen) atoms. The van der Waals surface area contributed by atoms with Crippen LogP contribution in [0.25, 0.3) is 0 Å². The second-order valence-corrected chi connectivity index (χ2v) is 6.22. The lowest BCUT2D eigenvalue weighted by molar-refractivity contribution is -0.133. The number of nitrogens with one attached hydrogen (secondary N) is 1. The molecule has 8 heteroatoms. The zero-order valence-electron chi connectivity index (χ0n) is 13.0. The Bertz CT molecular complexity index is 802. The average Bonchev–Trinajstić information content (AvgIpc) is 3.02. The Labute approximate surface area is 149 Å². The number of carboxylic acid groups (broad SMARTS) is 1. The molecule has 126 valence electrons. The molecule has 0 radical (unpaired) electrons. The van der Waals surface area contributed by atoms with Gasteiger partial charge in [0.05, 0.1) is 27.2 Å². The van der Waals surface area contributed by atoms with Crippen LogP contribution in [0.1, 0.15) is 25.3 Å². The summed E-state index contributed by atoms with van der Waals surface area (Å²) in [5.41, 5.74) is 2.69. The van der Waals surface area contributed by atoms with Crippen LogP contribution in [0.2, 0.25) is 10.0 Å². The second-order valence-electron chi connectivity index (χ2n) is 5.44. The third kappa shape index (κ3) is 2.77. The molecule has 0 aromatic heterocycles. The van der Waals surface area contributed by atoms with Gasteiger partial charge in [0.2, 0.25) is 0 Å². The molecule has 2 aliphatic rings. The van der Waals surface area contributed by atoms with Gasteiger partial charge >= 0.3 is 5.97 Å². The number of aliphatic carboxylic acids is 1. The maximum Gasteiger partial charge on any atom is 0.334 e. The fourth-order valence-electron chi connectivity index (χ4n) is 2.97. The number of hydroxylamine groups is 2. The van der Waals surface area contributed by atoms with Crippen LogP contribution in [0.5, 0.6) is 0 Å². The summed E-state index contributed by atoms with van der Waals surface area (Å²) in [6.45, 7) is 3.74. The van der Waals surface area contributed by atoms with Gasteiger partial charge in [0.15, 0.2) is 6.73 Å². The molecule has 0 saturated heterocycles. The fraction of sp³-hybridized carbons (Fsp3) is 0.250. The molecular formula is C16H15Cl2N3O3. The maximum atomic E-state index is 11.9. The number of nitrogens with zero attached hydrogens (tertiary/aromatic N) is 2. The van der Waals surface area contributed by atoms with Crippen molar-refractivity contribution in [3.8, 4) is 0 Å². The normalized spacial score (nSPS) is 20.7. The van der Waals surface area contributed by atoms with Crippen molar-refractivity contribution in [3.05, 3.63) is 56.5 Å². The van der Waals surface area contributed by atoms with Gasteiger partial charge in [-0.1, -0.05) is 35.3 Å². The van der Waals surface area contributed by atoms with E-state index in [1.807, 2.05) is 6.92 Å². The first-order valence-corrected chi connectivity index (χ1v) is 7.95. The lowest BCUT2D eigenvalue weighted by Gasteiger charge is -2.34. The van der Waals surface area contributed by atoms with Gasteiger partial charge < -0.3 is 10.4 Å².